The molecule has 4 nitrogen and oxygen atoms in total. The molecule has 1 aromatic rings. The third kappa shape index (κ3) is 2.86. The molecule has 1 heterocycles. The number of hydrogen-bond acceptors (Lipinski definition) is 3. The first-order valence-electron chi connectivity index (χ1n) is 7.58. The lowest BCUT2D eigenvalue weighted by atomic mass is 9.94. The van der Waals surface area contributed by atoms with Gasteiger partial charge in [-0.15, -0.1) is 0 Å². The molecule has 3 rings (SSSR count). The van der Waals surface area contributed by atoms with E-state index < -0.39 is 0 Å². The van der Waals surface area contributed by atoms with Gasteiger partial charge in [0.1, 0.15) is 0 Å². The number of hydrogen-bond donors (Lipinski definition) is 3. The van der Waals surface area contributed by atoms with Crippen molar-refractivity contribution in [3.8, 4) is 0 Å². The number of carbonyl (C=O) groups is 1. The van der Waals surface area contributed by atoms with Crippen LogP contribution in [0.2, 0.25) is 0 Å². The minimum Gasteiger partial charge on any atom is -0.354 e. The summed E-state index contributed by atoms with van der Waals surface area (Å²) in [7, 11) is 0. The van der Waals surface area contributed by atoms with Crippen LogP contribution in [0.1, 0.15) is 36.4 Å². The van der Waals surface area contributed by atoms with E-state index in [1.54, 1.807) is 0 Å². The Morgan fingerprint density at radius 2 is 2.20 bits per heavy atom. The number of carbonyl (C=O) groups excluding carboxylic acids is 1. The monoisotopic (exact) mass is 273 g/mol. The second-order valence-corrected chi connectivity index (χ2v) is 5.97. The van der Waals surface area contributed by atoms with Crippen LogP contribution in [-0.2, 0) is 11.2 Å². The highest BCUT2D eigenvalue weighted by atomic mass is 16.1. The lowest BCUT2D eigenvalue weighted by Crippen LogP contribution is -2.40. The van der Waals surface area contributed by atoms with Gasteiger partial charge in [0.05, 0.1) is 0 Å². The Morgan fingerprint density at radius 1 is 1.35 bits per heavy atom. The summed E-state index contributed by atoms with van der Waals surface area (Å²) >= 11 is 0. The van der Waals surface area contributed by atoms with E-state index in [0.29, 0.717) is 6.54 Å². The van der Waals surface area contributed by atoms with Crippen LogP contribution in [-0.4, -0.2) is 25.0 Å². The Hall–Kier alpha value is -1.39. The standard InChI is InChI=1S/C16H23N3O/c17-13-6-5-12(9-13)16(20)19-10-15-14-4-2-1-3-11(14)7-8-18-15/h1-4,12-13,15,18H,5-10,17H2,(H,19,20). The van der Waals surface area contributed by atoms with Crippen molar-refractivity contribution in [3.05, 3.63) is 35.4 Å². The number of fused-ring (bicyclic) bond motifs is 1. The Morgan fingerprint density at radius 3 is 3.00 bits per heavy atom. The van der Waals surface area contributed by atoms with Crippen LogP contribution < -0.4 is 16.4 Å². The quantitative estimate of drug-likeness (QED) is 0.773. The van der Waals surface area contributed by atoms with Crippen molar-refractivity contribution in [2.45, 2.75) is 37.8 Å². The molecule has 1 aliphatic heterocycles. The van der Waals surface area contributed by atoms with Gasteiger partial charge in [-0.1, -0.05) is 24.3 Å². The summed E-state index contributed by atoms with van der Waals surface area (Å²) in [6.07, 6.45) is 3.81. The van der Waals surface area contributed by atoms with E-state index in [1.807, 2.05) is 0 Å². The van der Waals surface area contributed by atoms with Crippen LogP contribution in [0.25, 0.3) is 0 Å². The van der Waals surface area contributed by atoms with Crippen LogP contribution in [0.5, 0.6) is 0 Å². The third-order valence-corrected chi connectivity index (χ3v) is 4.54. The number of benzene rings is 1. The van der Waals surface area contributed by atoms with E-state index in [1.165, 1.54) is 11.1 Å². The average molecular weight is 273 g/mol. The molecule has 4 N–H and O–H groups in total. The number of nitrogens with one attached hydrogen (secondary N) is 2. The van der Waals surface area contributed by atoms with Gasteiger partial charge in [-0.2, -0.15) is 0 Å². The maximum atomic E-state index is 12.2. The van der Waals surface area contributed by atoms with Gasteiger partial charge in [-0.3, -0.25) is 4.79 Å². The highest BCUT2D eigenvalue weighted by Crippen LogP contribution is 2.25. The van der Waals surface area contributed by atoms with Crippen molar-refractivity contribution in [1.82, 2.24) is 10.6 Å². The molecule has 0 spiro atoms. The minimum absolute atomic E-state index is 0.115. The Labute approximate surface area is 120 Å². The van der Waals surface area contributed by atoms with E-state index in [0.717, 1.165) is 32.2 Å². The first kappa shape index (κ1) is 13.6. The molecule has 3 atom stereocenters. The molecular formula is C16H23N3O. The minimum atomic E-state index is 0.115. The summed E-state index contributed by atoms with van der Waals surface area (Å²) < 4.78 is 0. The fourth-order valence-corrected chi connectivity index (χ4v) is 3.38. The van der Waals surface area contributed by atoms with Crippen LogP contribution in [0.15, 0.2) is 24.3 Å². The maximum absolute atomic E-state index is 12.2. The third-order valence-electron chi connectivity index (χ3n) is 4.54. The van der Waals surface area contributed by atoms with Crippen LogP contribution >= 0.6 is 0 Å². The normalized spacial score (nSPS) is 28.9. The van der Waals surface area contributed by atoms with Crippen molar-refractivity contribution in [1.29, 1.82) is 0 Å². The van der Waals surface area contributed by atoms with Crippen molar-refractivity contribution in [2.24, 2.45) is 11.7 Å². The Kier molecular flexibility index (Phi) is 4.03. The van der Waals surface area contributed by atoms with E-state index in [2.05, 4.69) is 34.9 Å². The van der Waals surface area contributed by atoms with Crippen LogP contribution in [0.3, 0.4) is 0 Å². The molecule has 4 heteroatoms. The van der Waals surface area contributed by atoms with Crippen molar-refractivity contribution < 1.29 is 4.79 Å². The van der Waals surface area contributed by atoms with Gasteiger partial charge in [0.2, 0.25) is 5.91 Å². The summed E-state index contributed by atoms with van der Waals surface area (Å²) in [4.78, 5) is 12.2. The molecule has 20 heavy (non-hydrogen) atoms. The largest absolute Gasteiger partial charge is 0.354 e. The molecule has 1 amide bonds. The molecule has 1 saturated carbocycles. The molecule has 1 fully saturated rings. The average Bonchev–Trinajstić information content (AvgIpc) is 2.91. The second-order valence-electron chi connectivity index (χ2n) is 5.97. The van der Waals surface area contributed by atoms with Crippen LogP contribution in [0.4, 0.5) is 0 Å². The summed E-state index contributed by atoms with van der Waals surface area (Å²) in [5, 5.41) is 6.59. The zero-order chi connectivity index (χ0) is 13.9. The van der Waals surface area contributed by atoms with Gasteiger partial charge < -0.3 is 16.4 Å². The van der Waals surface area contributed by atoms with E-state index >= 15 is 0 Å². The number of amides is 1. The van der Waals surface area contributed by atoms with Crippen LogP contribution in [0, 0.1) is 5.92 Å². The zero-order valence-corrected chi connectivity index (χ0v) is 11.8. The van der Waals surface area contributed by atoms with Crippen molar-refractivity contribution in [3.63, 3.8) is 0 Å². The first-order chi connectivity index (χ1) is 9.74. The molecule has 0 saturated heterocycles. The van der Waals surface area contributed by atoms with Crippen molar-refractivity contribution >= 4 is 5.91 Å². The molecule has 2 aliphatic rings. The van der Waals surface area contributed by atoms with Gasteiger partial charge in [-0.05, 0) is 43.4 Å². The SMILES string of the molecule is NC1CCC(C(=O)NCC2NCCc3ccccc32)C1. The predicted molar refractivity (Wildman–Crippen MR) is 79.2 cm³/mol. The van der Waals surface area contributed by atoms with Gasteiger partial charge in [0.15, 0.2) is 0 Å². The van der Waals surface area contributed by atoms with E-state index in [9.17, 15) is 4.79 Å². The molecule has 0 radical (unpaired) electrons. The van der Waals surface area contributed by atoms with Gasteiger partial charge in [0.25, 0.3) is 0 Å². The predicted octanol–water partition coefficient (Wildman–Crippen LogP) is 1.12. The van der Waals surface area contributed by atoms with Gasteiger partial charge in [-0.25, -0.2) is 0 Å². The topological polar surface area (TPSA) is 67.2 Å². The van der Waals surface area contributed by atoms with Crippen molar-refractivity contribution in [2.75, 3.05) is 13.1 Å². The molecule has 1 aliphatic carbocycles. The molecular weight excluding hydrogens is 250 g/mol. The lowest BCUT2D eigenvalue weighted by Gasteiger charge is -2.27. The molecule has 108 valence electrons. The number of rotatable bonds is 3. The summed E-state index contributed by atoms with van der Waals surface area (Å²) in [5.74, 6) is 0.284. The fourth-order valence-electron chi connectivity index (χ4n) is 3.38. The van der Waals surface area contributed by atoms with E-state index in [4.69, 9.17) is 5.73 Å². The summed E-state index contributed by atoms with van der Waals surface area (Å²) in [6, 6.07) is 8.93. The summed E-state index contributed by atoms with van der Waals surface area (Å²) in [5.41, 5.74) is 8.59. The Balaban J connectivity index is 1.58. The summed E-state index contributed by atoms with van der Waals surface area (Å²) in [6.45, 7) is 1.65. The molecule has 0 aromatic heterocycles. The molecule has 0 bridgehead atoms. The first-order valence-corrected chi connectivity index (χ1v) is 7.58. The zero-order valence-electron chi connectivity index (χ0n) is 11.8. The number of nitrogens with two attached hydrogens (primary N) is 1. The highest BCUT2D eigenvalue weighted by Gasteiger charge is 2.28. The second kappa shape index (κ2) is 5.94. The fraction of sp³-hybridized carbons (Fsp3) is 0.562. The Bertz CT molecular complexity index is 488. The van der Waals surface area contributed by atoms with Gasteiger partial charge in [0, 0.05) is 24.5 Å². The van der Waals surface area contributed by atoms with Gasteiger partial charge >= 0.3 is 0 Å². The molecule has 3 unspecified atom stereocenters. The highest BCUT2D eigenvalue weighted by molar-refractivity contribution is 5.79. The smallest absolute Gasteiger partial charge is 0.223 e. The molecule has 1 aromatic carbocycles. The van der Waals surface area contributed by atoms with E-state index in [-0.39, 0.29) is 23.9 Å². The maximum Gasteiger partial charge on any atom is 0.223 e. The lowest BCUT2D eigenvalue weighted by molar-refractivity contribution is -0.124.